The minimum Gasteiger partial charge on any atom is -0.457 e. The summed E-state index contributed by atoms with van der Waals surface area (Å²) < 4.78 is 96.0. The SMILES string of the molecule is Cc1ccc(C2=C(c3cc(F)c(S(C)(=O)=O)c(F)c3)COC2=O)cc1C(F)(F)F. The standard InChI is InChI=1S/C19H13F5O4S/c1-9-3-4-10(5-13(9)19(22,23)24)16-12(8-28-18(16)25)11-6-14(20)17(15(21)7-11)29(2,26)27/h3-7H,8H2,1-2H3. The highest BCUT2D eigenvalue weighted by atomic mass is 32.2. The number of benzene rings is 2. The zero-order valence-corrected chi connectivity index (χ0v) is 15.8. The maximum Gasteiger partial charge on any atom is 0.416 e. The highest BCUT2D eigenvalue weighted by Crippen LogP contribution is 2.38. The van der Waals surface area contributed by atoms with Crippen LogP contribution in [-0.4, -0.2) is 27.2 Å². The van der Waals surface area contributed by atoms with Gasteiger partial charge in [-0.25, -0.2) is 22.0 Å². The van der Waals surface area contributed by atoms with E-state index in [1.165, 1.54) is 19.1 Å². The van der Waals surface area contributed by atoms with Crippen LogP contribution < -0.4 is 0 Å². The van der Waals surface area contributed by atoms with Crippen LogP contribution >= 0.6 is 0 Å². The Balaban J connectivity index is 2.23. The lowest BCUT2D eigenvalue weighted by atomic mass is 9.94. The summed E-state index contributed by atoms with van der Waals surface area (Å²) in [5.74, 6) is -3.72. The molecule has 0 aromatic heterocycles. The average molecular weight is 432 g/mol. The molecule has 1 heterocycles. The fourth-order valence-electron chi connectivity index (χ4n) is 3.10. The smallest absolute Gasteiger partial charge is 0.416 e. The van der Waals surface area contributed by atoms with E-state index in [1.54, 1.807) is 0 Å². The Morgan fingerprint density at radius 1 is 1.00 bits per heavy atom. The summed E-state index contributed by atoms with van der Waals surface area (Å²) in [7, 11) is -4.20. The summed E-state index contributed by atoms with van der Waals surface area (Å²) in [5, 5.41) is 0. The summed E-state index contributed by atoms with van der Waals surface area (Å²) in [5.41, 5.74) is -1.70. The van der Waals surface area contributed by atoms with Crippen LogP contribution in [0.4, 0.5) is 22.0 Å². The number of ether oxygens (including phenoxy) is 1. The van der Waals surface area contributed by atoms with E-state index >= 15 is 0 Å². The van der Waals surface area contributed by atoms with Gasteiger partial charge in [0.1, 0.15) is 23.1 Å². The number of halogens is 5. The van der Waals surface area contributed by atoms with Crippen molar-refractivity contribution in [2.45, 2.75) is 18.0 Å². The average Bonchev–Trinajstić information content (AvgIpc) is 2.94. The Labute approximate surface area is 162 Å². The highest BCUT2D eigenvalue weighted by molar-refractivity contribution is 7.90. The van der Waals surface area contributed by atoms with Crippen molar-refractivity contribution in [3.63, 3.8) is 0 Å². The summed E-state index contributed by atoms with van der Waals surface area (Å²) >= 11 is 0. The topological polar surface area (TPSA) is 60.4 Å². The normalized spacial score (nSPS) is 15.1. The van der Waals surface area contributed by atoms with E-state index in [4.69, 9.17) is 4.74 Å². The van der Waals surface area contributed by atoms with E-state index < -0.39 is 50.7 Å². The van der Waals surface area contributed by atoms with E-state index in [1.807, 2.05) is 0 Å². The van der Waals surface area contributed by atoms with Crippen LogP contribution in [0.5, 0.6) is 0 Å². The van der Waals surface area contributed by atoms with E-state index in [0.29, 0.717) is 18.4 Å². The first-order valence-corrected chi connectivity index (χ1v) is 9.98. The monoisotopic (exact) mass is 432 g/mol. The number of aryl methyl sites for hydroxylation is 1. The van der Waals surface area contributed by atoms with Crippen molar-refractivity contribution in [2.24, 2.45) is 0 Å². The Hall–Kier alpha value is -2.75. The Kier molecular flexibility index (Phi) is 5.02. The first-order valence-electron chi connectivity index (χ1n) is 8.08. The molecule has 0 fully saturated rings. The Bertz CT molecular complexity index is 1140. The molecule has 0 aliphatic carbocycles. The molecule has 154 valence electrons. The van der Waals surface area contributed by atoms with Gasteiger partial charge in [0, 0.05) is 11.8 Å². The van der Waals surface area contributed by atoms with Gasteiger partial charge in [0.25, 0.3) is 0 Å². The number of carbonyl (C=O) groups excluding carboxylic acids is 1. The summed E-state index contributed by atoms with van der Waals surface area (Å²) in [4.78, 5) is 11.0. The van der Waals surface area contributed by atoms with Crippen LogP contribution in [0.25, 0.3) is 11.1 Å². The van der Waals surface area contributed by atoms with Crippen LogP contribution in [0.15, 0.2) is 35.2 Å². The van der Waals surface area contributed by atoms with Gasteiger partial charge in [0.2, 0.25) is 0 Å². The van der Waals surface area contributed by atoms with Gasteiger partial charge in [-0.2, -0.15) is 13.2 Å². The minimum atomic E-state index is -4.67. The fourth-order valence-corrected chi connectivity index (χ4v) is 3.92. The maximum atomic E-state index is 14.2. The van der Waals surface area contributed by atoms with Crippen molar-refractivity contribution in [1.82, 2.24) is 0 Å². The predicted molar refractivity (Wildman–Crippen MR) is 93.4 cm³/mol. The predicted octanol–water partition coefficient (Wildman–Crippen LogP) is 4.16. The third kappa shape index (κ3) is 3.89. The zero-order valence-electron chi connectivity index (χ0n) is 15.0. The van der Waals surface area contributed by atoms with Crippen molar-refractivity contribution in [1.29, 1.82) is 0 Å². The molecule has 10 heteroatoms. The van der Waals surface area contributed by atoms with Crippen molar-refractivity contribution in [3.8, 4) is 0 Å². The first kappa shape index (κ1) is 21.0. The molecule has 0 bridgehead atoms. The number of cyclic esters (lactones) is 1. The number of hydrogen-bond acceptors (Lipinski definition) is 4. The van der Waals surface area contributed by atoms with Crippen LogP contribution in [0.1, 0.15) is 22.3 Å². The molecule has 4 nitrogen and oxygen atoms in total. The second-order valence-electron chi connectivity index (χ2n) is 6.50. The number of carbonyl (C=O) groups is 1. The van der Waals surface area contributed by atoms with Gasteiger partial charge in [-0.3, -0.25) is 0 Å². The lowest BCUT2D eigenvalue weighted by Gasteiger charge is -2.13. The quantitative estimate of drug-likeness (QED) is 0.540. The molecular formula is C19H13F5O4S. The fraction of sp³-hybridized carbons (Fsp3) is 0.211. The summed E-state index contributed by atoms with van der Waals surface area (Å²) in [6.07, 6.45) is -4.04. The lowest BCUT2D eigenvalue weighted by Crippen LogP contribution is -2.09. The van der Waals surface area contributed by atoms with Gasteiger partial charge in [0.05, 0.1) is 11.1 Å². The van der Waals surface area contributed by atoms with Gasteiger partial charge in [-0.15, -0.1) is 0 Å². The first-order chi connectivity index (χ1) is 13.3. The third-order valence-corrected chi connectivity index (χ3v) is 5.53. The molecule has 0 amide bonds. The molecule has 2 aromatic carbocycles. The summed E-state index contributed by atoms with van der Waals surface area (Å²) in [6, 6.07) is 4.60. The van der Waals surface area contributed by atoms with Crippen molar-refractivity contribution in [2.75, 3.05) is 12.9 Å². The Morgan fingerprint density at radius 3 is 2.10 bits per heavy atom. The van der Waals surface area contributed by atoms with Gasteiger partial charge < -0.3 is 4.74 Å². The third-order valence-electron chi connectivity index (χ3n) is 4.40. The molecule has 1 aliphatic rings. The van der Waals surface area contributed by atoms with Gasteiger partial charge in [-0.05, 0) is 41.8 Å². The van der Waals surface area contributed by atoms with Gasteiger partial charge >= 0.3 is 12.1 Å². The van der Waals surface area contributed by atoms with Crippen molar-refractivity contribution >= 4 is 27.0 Å². The van der Waals surface area contributed by atoms with E-state index in [-0.39, 0.29) is 27.8 Å². The molecule has 0 saturated carbocycles. The number of alkyl halides is 3. The number of rotatable bonds is 3. The molecule has 0 unspecified atom stereocenters. The van der Waals surface area contributed by atoms with Crippen LogP contribution in [0.3, 0.4) is 0 Å². The molecule has 2 aromatic rings. The number of esters is 1. The Morgan fingerprint density at radius 2 is 1.59 bits per heavy atom. The van der Waals surface area contributed by atoms with E-state index in [0.717, 1.165) is 6.07 Å². The molecule has 0 N–H and O–H groups in total. The van der Waals surface area contributed by atoms with E-state index in [2.05, 4.69) is 0 Å². The molecule has 0 radical (unpaired) electrons. The van der Waals surface area contributed by atoms with Crippen molar-refractivity contribution < 1.29 is 39.9 Å². The second-order valence-corrected chi connectivity index (χ2v) is 8.45. The van der Waals surface area contributed by atoms with E-state index in [9.17, 15) is 35.2 Å². The number of sulfone groups is 1. The highest BCUT2D eigenvalue weighted by Gasteiger charge is 2.35. The molecule has 0 saturated heterocycles. The van der Waals surface area contributed by atoms with Crippen LogP contribution in [0.2, 0.25) is 0 Å². The molecule has 1 aliphatic heterocycles. The summed E-state index contributed by atoms with van der Waals surface area (Å²) in [6.45, 7) is 0.823. The molecule has 0 spiro atoms. The van der Waals surface area contributed by atoms with Gasteiger partial charge in [-0.1, -0.05) is 12.1 Å². The van der Waals surface area contributed by atoms with Gasteiger partial charge in [0.15, 0.2) is 9.84 Å². The molecule has 3 rings (SSSR count). The maximum absolute atomic E-state index is 14.2. The van der Waals surface area contributed by atoms with Crippen LogP contribution in [-0.2, 0) is 25.5 Å². The van der Waals surface area contributed by atoms with Crippen molar-refractivity contribution in [3.05, 3.63) is 64.2 Å². The lowest BCUT2D eigenvalue weighted by molar-refractivity contribution is -0.138. The molecule has 29 heavy (non-hydrogen) atoms. The second kappa shape index (κ2) is 6.94. The van der Waals surface area contributed by atoms with Crippen LogP contribution in [0, 0.1) is 18.6 Å². The molecule has 0 atom stereocenters. The number of hydrogen-bond donors (Lipinski definition) is 0. The largest absolute Gasteiger partial charge is 0.457 e. The molecular weight excluding hydrogens is 419 g/mol. The minimum absolute atomic E-state index is 0.0511. The zero-order chi connectivity index (χ0) is 21.7.